The van der Waals surface area contributed by atoms with Crippen molar-refractivity contribution < 1.29 is 9.90 Å². The van der Waals surface area contributed by atoms with Gasteiger partial charge in [-0.25, -0.2) is 4.79 Å². The summed E-state index contributed by atoms with van der Waals surface area (Å²) in [7, 11) is 1.84. The fraction of sp³-hybridized carbons (Fsp3) is 0.318. The van der Waals surface area contributed by atoms with Gasteiger partial charge in [0.25, 0.3) is 0 Å². The summed E-state index contributed by atoms with van der Waals surface area (Å²) < 4.78 is 1.29. The van der Waals surface area contributed by atoms with Crippen molar-refractivity contribution in [1.29, 1.82) is 0 Å². The average Bonchev–Trinajstić information content (AvgIpc) is 3.13. The van der Waals surface area contributed by atoms with E-state index < -0.39 is 0 Å². The molecule has 0 radical (unpaired) electrons. The third kappa shape index (κ3) is 4.29. The van der Waals surface area contributed by atoms with Crippen LogP contribution in [0.25, 0.3) is 10.1 Å². The minimum absolute atomic E-state index is 0.0422. The molecule has 3 N–H and O–H groups in total. The monoisotopic (exact) mass is 395 g/mol. The van der Waals surface area contributed by atoms with Crippen molar-refractivity contribution in [3.8, 4) is 5.75 Å². The van der Waals surface area contributed by atoms with Crippen molar-refractivity contribution in [3.05, 3.63) is 64.5 Å². The molecule has 5 nitrogen and oxygen atoms in total. The Morgan fingerprint density at radius 1 is 1.25 bits per heavy atom. The second-order valence-electron chi connectivity index (χ2n) is 7.34. The number of phenolic OH excluding ortho intramolecular Hbond substituents is 1. The Bertz CT molecular complexity index is 952. The first-order chi connectivity index (χ1) is 13.6. The van der Waals surface area contributed by atoms with Crippen LogP contribution in [0, 0.1) is 0 Å². The fourth-order valence-corrected chi connectivity index (χ4v) is 4.65. The lowest BCUT2D eigenvalue weighted by Crippen LogP contribution is -2.47. The summed E-state index contributed by atoms with van der Waals surface area (Å²) in [6.07, 6.45) is 1.71. The van der Waals surface area contributed by atoms with Crippen LogP contribution >= 0.6 is 11.3 Å². The molecule has 3 aromatic rings. The molecule has 6 heteroatoms. The van der Waals surface area contributed by atoms with E-state index in [0.29, 0.717) is 25.4 Å². The van der Waals surface area contributed by atoms with E-state index in [-0.39, 0.29) is 12.1 Å². The predicted octanol–water partition coefficient (Wildman–Crippen LogP) is 3.51. The molecule has 146 valence electrons. The maximum Gasteiger partial charge on any atom is 0.317 e. The number of amides is 2. The van der Waals surface area contributed by atoms with Crippen LogP contribution in [0.4, 0.5) is 4.79 Å². The van der Waals surface area contributed by atoms with Crippen LogP contribution in [0.3, 0.4) is 0 Å². The second kappa shape index (κ2) is 8.20. The van der Waals surface area contributed by atoms with Crippen LogP contribution in [0.5, 0.6) is 5.75 Å². The molecule has 0 saturated heterocycles. The molecular formula is C22H25N3O2S. The number of urea groups is 1. The smallest absolute Gasteiger partial charge is 0.317 e. The zero-order valence-corrected chi connectivity index (χ0v) is 16.8. The van der Waals surface area contributed by atoms with E-state index in [4.69, 9.17) is 0 Å². The van der Waals surface area contributed by atoms with Gasteiger partial charge in [0.2, 0.25) is 0 Å². The molecule has 1 atom stereocenters. The number of nitrogens with one attached hydrogen (secondary N) is 2. The number of fused-ring (bicyclic) bond motifs is 2. The van der Waals surface area contributed by atoms with Gasteiger partial charge in [0, 0.05) is 42.3 Å². The Kier molecular flexibility index (Phi) is 5.50. The lowest BCUT2D eigenvalue weighted by atomic mass is 9.95. The third-order valence-electron chi connectivity index (χ3n) is 5.25. The highest BCUT2D eigenvalue weighted by Gasteiger charge is 2.19. The van der Waals surface area contributed by atoms with E-state index >= 15 is 0 Å². The molecule has 0 spiro atoms. The molecule has 0 fully saturated rings. The molecule has 2 amide bonds. The van der Waals surface area contributed by atoms with Gasteiger partial charge < -0.3 is 20.6 Å². The van der Waals surface area contributed by atoms with E-state index in [1.165, 1.54) is 20.5 Å². The van der Waals surface area contributed by atoms with Crippen LogP contribution in [0.2, 0.25) is 0 Å². The fourth-order valence-electron chi connectivity index (χ4n) is 3.60. The number of carbonyl (C=O) groups excluding carboxylic acids is 1. The number of nitrogens with zero attached hydrogens (tertiary/aromatic N) is 1. The van der Waals surface area contributed by atoms with Gasteiger partial charge in [-0.2, -0.15) is 0 Å². The minimum Gasteiger partial charge on any atom is -0.508 e. The summed E-state index contributed by atoms with van der Waals surface area (Å²) in [4.78, 5) is 15.5. The predicted molar refractivity (Wildman–Crippen MR) is 114 cm³/mol. The molecule has 0 bridgehead atoms. The first kappa shape index (κ1) is 18.8. The second-order valence-corrected chi connectivity index (χ2v) is 8.51. The van der Waals surface area contributed by atoms with E-state index in [0.717, 1.165) is 18.4 Å². The Morgan fingerprint density at radius 2 is 2.11 bits per heavy atom. The number of carbonyl (C=O) groups is 1. The standard InChI is InChI=1S/C22H25N3O2S/c1-25(9-8-20-12-16-4-2-3-5-21(16)28-20)22(27)24-14-18-10-15-6-7-19(26)11-17(15)13-23-18/h2-7,11-12,18,23,26H,8-10,13-14H2,1H3,(H,24,27). The summed E-state index contributed by atoms with van der Waals surface area (Å²) in [6, 6.07) is 16.3. The molecule has 1 aliphatic heterocycles. The molecular weight excluding hydrogens is 370 g/mol. The first-order valence-corrected chi connectivity index (χ1v) is 10.4. The lowest BCUT2D eigenvalue weighted by molar-refractivity contribution is 0.208. The van der Waals surface area contributed by atoms with Gasteiger partial charge in [0.05, 0.1) is 0 Å². The Hall–Kier alpha value is -2.57. The van der Waals surface area contributed by atoms with Crippen LogP contribution in [-0.2, 0) is 19.4 Å². The average molecular weight is 396 g/mol. The number of hydrogen-bond donors (Lipinski definition) is 3. The number of likely N-dealkylation sites (N-methyl/N-ethyl adjacent to an activating group) is 1. The number of benzene rings is 2. The summed E-state index contributed by atoms with van der Waals surface area (Å²) in [5, 5.41) is 17.3. The van der Waals surface area contributed by atoms with E-state index in [1.807, 2.05) is 13.1 Å². The van der Waals surface area contributed by atoms with Crippen LogP contribution in [-0.4, -0.2) is 42.2 Å². The van der Waals surface area contributed by atoms with Crippen molar-refractivity contribution in [2.24, 2.45) is 0 Å². The van der Waals surface area contributed by atoms with Gasteiger partial charge in [0.15, 0.2) is 0 Å². The van der Waals surface area contributed by atoms with Gasteiger partial charge in [-0.1, -0.05) is 24.3 Å². The largest absolute Gasteiger partial charge is 0.508 e. The normalized spacial score (nSPS) is 16.0. The molecule has 28 heavy (non-hydrogen) atoms. The van der Waals surface area contributed by atoms with Crippen molar-refractivity contribution in [1.82, 2.24) is 15.5 Å². The SMILES string of the molecule is CN(CCc1cc2ccccc2s1)C(=O)NCC1Cc2ccc(O)cc2CN1. The maximum absolute atomic E-state index is 12.4. The number of hydrogen-bond acceptors (Lipinski definition) is 4. The van der Waals surface area contributed by atoms with Crippen LogP contribution < -0.4 is 10.6 Å². The zero-order valence-electron chi connectivity index (χ0n) is 15.9. The number of thiophene rings is 1. The first-order valence-electron chi connectivity index (χ1n) is 9.59. The van der Waals surface area contributed by atoms with Crippen molar-refractivity contribution in [2.45, 2.75) is 25.4 Å². The Labute approximate surface area is 169 Å². The molecule has 2 aromatic carbocycles. The van der Waals surface area contributed by atoms with Gasteiger partial charge in [0.1, 0.15) is 5.75 Å². The molecule has 0 saturated carbocycles. The van der Waals surface area contributed by atoms with E-state index in [2.05, 4.69) is 41.0 Å². The topological polar surface area (TPSA) is 64.6 Å². The van der Waals surface area contributed by atoms with Gasteiger partial charge >= 0.3 is 6.03 Å². The maximum atomic E-state index is 12.4. The highest BCUT2D eigenvalue weighted by molar-refractivity contribution is 7.19. The van der Waals surface area contributed by atoms with E-state index in [1.54, 1.807) is 28.4 Å². The molecule has 4 rings (SSSR count). The summed E-state index contributed by atoms with van der Waals surface area (Å²) in [5.74, 6) is 0.299. The zero-order chi connectivity index (χ0) is 19.5. The summed E-state index contributed by atoms with van der Waals surface area (Å²) in [5.41, 5.74) is 2.36. The van der Waals surface area contributed by atoms with E-state index in [9.17, 15) is 9.90 Å². The van der Waals surface area contributed by atoms with Crippen molar-refractivity contribution >= 4 is 27.5 Å². The summed E-state index contributed by atoms with van der Waals surface area (Å²) >= 11 is 1.80. The number of phenols is 1. The molecule has 2 heterocycles. The van der Waals surface area contributed by atoms with Crippen LogP contribution in [0.1, 0.15) is 16.0 Å². The van der Waals surface area contributed by atoms with Crippen molar-refractivity contribution in [2.75, 3.05) is 20.1 Å². The van der Waals surface area contributed by atoms with Gasteiger partial charge in [-0.3, -0.25) is 0 Å². The summed E-state index contributed by atoms with van der Waals surface area (Å²) in [6.45, 7) is 2.00. The van der Waals surface area contributed by atoms with Crippen LogP contribution in [0.15, 0.2) is 48.5 Å². The highest BCUT2D eigenvalue weighted by atomic mass is 32.1. The highest BCUT2D eigenvalue weighted by Crippen LogP contribution is 2.25. The quantitative estimate of drug-likeness (QED) is 0.619. The van der Waals surface area contributed by atoms with Crippen molar-refractivity contribution in [3.63, 3.8) is 0 Å². The molecule has 1 aromatic heterocycles. The number of rotatable bonds is 5. The molecule has 1 aliphatic rings. The third-order valence-corrected chi connectivity index (χ3v) is 6.43. The Morgan fingerprint density at radius 3 is 2.96 bits per heavy atom. The lowest BCUT2D eigenvalue weighted by Gasteiger charge is -2.27. The molecule has 1 unspecified atom stereocenters. The van der Waals surface area contributed by atoms with Gasteiger partial charge in [-0.05, 0) is 53.6 Å². The minimum atomic E-state index is -0.0422. The Balaban J connectivity index is 1.25. The molecule has 0 aliphatic carbocycles. The van der Waals surface area contributed by atoms with Gasteiger partial charge in [-0.15, -0.1) is 11.3 Å². The number of aromatic hydroxyl groups is 1.